The van der Waals surface area contributed by atoms with E-state index in [4.69, 9.17) is 18.9 Å². The number of hydrogen-bond acceptors (Lipinski definition) is 9. The maximum Gasteiger partial charge on any atom is 0.413 e. The van der Waals surface area contributed by atoms with Crippen LogP contribution < -0.4 is 5.32 Å². The van der Waals surface area contributed by atoms with E-state index in [0.717, 1.165) is 33.2 Å². The molecule has 3 aromatic rings. The zero-order chi connectivity index (χ0) is 30.7. The summed E-state index contributed by atoms with van der Waals surface area (Å²) >= 11 is 0. The second-order valence-corrected chi connectivity index (χ2v) is 11.3. The maximum absolute atomic E-state index is 13.6. The summed E-state index contributed by atoms with van der Waals surface area (Å²) in [6.07, 6.45) is 5.87. The first-order chi connectivity index (χ1) is 21.3. The zero-order valence-corrected chi connectivity index (χ0v) is 24.8. The number of aromatic amines is 1. The number of likely N-dealkylation sites (N-methyl/N-ethyl adjacent to an activating group) is 1. The van der Waals surface area contributed by atoms with Crippen molar-refractivity contribution in [3.63, 3.8) is 0 Å². The van der Waals surface area contributed by atoms with Crippen molar-refractivity contribution < 1.29 is 33.3 Å². The molecule has 1 spiro atoms. The third-order valence-electron chi connectivity index (χ3n) is 8.33. The van der Waals surface area contributed by atoms with E-state index in [1.165, 1.54) is 4.90 Å². The topological polar surface area (TPSA) is 148 Å². The van der Waals surface area contributed by atoms with Crippen LogP contribution in [0.1, 0.15) is 35.1 Å². The number of hydrogen-bond donors (Lipinski definition) is 2. The number of carbonyl (C=O) groups excluding carboxylic acids is 3. The van der Waals surface area contributed by atoms with Crippen LogP contribution in [0.3, 0.4) is 0 Å². The molecule has 3 amide bonds. The van der Waals surface area contributed by atoms with E-state index in [0.29, 0.717) is 51.6 Å². The lowest BCUT2D eigenvalue weighted by atomic mass is 9.83. The number of pyridine rings is 1. The first kappa shape index (κ1) is 29.6. The summed E-state index contributed by atoms with van der Waals surface area (Å²) in [5.74, 6) is 0.118. The molecule has 2 N–H and O–H groups in total. The van der Waals surface area contributed by atoms with Crippen LogP contribution in [-0.2, 0) is 35.8 Å². The number of fused-ring (bicyclic) bond motifs is 15. The Morgan fingerprint density at radius 2 is 1.84 bits per heavy atom. The van der Waals surface area contributed by atoms with Crippen molar-refractivity contribution in [1.29, 1.82) is 0 Å². The average molecular weight is 605 g/mol. The van der Waals surface area contributed by atoms with Gasteiger partial charge in [0.25, 0.3) is 5.91 Å². The van der Waals surface area contributed by atoms with E-state index < -0.39 is 23.9 Å². The number of aromatic nitrogens is 3. The molecule has 6 heterocycles. The van der Waals surface area contributed by atoms with Crippen molar-refractivity contribution in [3.05, 3.63) is 58.9 Å². The van der Waals surface area contributed by atoms with Gasteiger partial charge in [-0.25, -0.2) is 14.6 Å². The summed E-state index contributed by atoms with van der Waals surface area (Å²) in [6, 6.07) is 5.86. The molecule has 0 radical (unpaired) electrons. The van der Waals surface area contributed by atoms with Crippen molar-refractivity contribution in [1.82, 2.24) is 25.0 Å². The molecule has 0 aliphatic carbocycles. The molecule has 44 heavy (non-hydrogen) atoms. The molecule has 4 bridgehead atoms. The van der Waals surface area contributed by atoms with Gasteiger partial charge in [-0.05, 0) is 35.7 Å². The van der Waals surface area contributed by atoms with Crippen LogP contribution in [0.25, 0.3) is 17.0 Å². The molecule has 0 saturated carbocycles. The summed E-state index contributed by atoms with van der Waals surface area (Å²) in [5, 5.41) is 10.7. The monoisotopic (exact) mass is 604 g/mol. The molecule has 1 saturated heterocycles. The molecular formula is C31H36N6O7. The van der Waals surface area contributed by atoms with Gasteiger partial charge in [-0.1, -0.05) is 18.2 Å². The number of ether oxygens (including phenoxy) is 4. The average Bonchev–Trinajstić information content (AvgIpc) is 3.49. The predicted octanol–water partition coefficient (Wildman–Crippen LogP) is 3.39. The lowest BCUT2D eigenvalue weighted by molar-refractivity contribution is -0.140. The number of piperidine rings is 1. The minimum Gasteiger partial charge on any atom is -0.437 e. The van der Waals surface area contributed by atoms with Gasteiger partial charge in [-0.15, -0.1) is 0 Å². The lowest BCUT2D eigenvalue weighted by Crippen LogP contribution is -2.51. The highest BCUT2D eigenvalue weighted by Crippen LogP contribution is 2.43. The second-order valence-electron chi connectivity index (χ2n) is 11.3. The van der Waals surface area contributed by atoms with E-state index in [9.17, 15) is 14.4 Å². The van der Waals surface area contributed by atoms with Gasteiger partial charge in [0.2, 0.25) is 0 Å². The minimum absolute atomic E-state index is 0.196. The quantitative estimate of drug-likeness (QED) is 0.420. The zero-order valence-electron chi connectivity index (χ0n) is 24.8. The van der Waals surface area contributed by atoms with E-state index >= 15 is 0 Å². The number of aryl methyl sites for hydroxylation is 1. The van der Waals surface area contributed by atoms with E-state index in [2.05, 4.69) is 20.5 Å². The highest BCUT2D eigenvalue weighted by molar-refractivity contribution is 5.88. The number of benzene rings is 1. The minimum atomic E-state index is -1.06. The molecule has 4 aliphatic heterocycles. The first-order valence-corrected chi connectivity index (χ1v) is 14.8. The van der Waals surface area contributed by atoms with Gasteiger partial charge in [0.05, 0.1) is 38.1 Å². The fourth-order valence-corrected chi connectivity index (χ4v) is 5.93. The maximum atomic E-state index is 13.6. The summed E-state index contributed by atoms with van der Waals surface area (Å²) in [5.41, 5.74) is 3.40. The molecule has 232 valence electrons. The fourth-order valence-electron chi connectivity index (χ4n) is 5.93. The standard InChI is InChI=1S/C31H36N6O7/c1-20-14-22(15-23-19-33-35-26(20)23)17-25-28(38)36(2)9-11-42-13-12-41-10-3-4-21-16-24-27(32-18-21)34-29(39)44-31(24)5-7-37(8-6-31)30(40)43-25/h3-4,14-16,18-19,25H,5-13,17H2,1-2H3,(H,33,35)(H,32,34,39)/b4-3+/t25-/m1/s1. The third kappa shape index (κ3) is 6.24. The Bertz CT molecular complexity index is 1580. The highest BCUT2D eigenvalue weighted by Gasteiger charge is 2.46. The van der Waals surface area contributed by atoms with Crippen LogP contribution in [-0.4, -0.2) is 102 Å². The SMILES string of the molecule is Cc1cc(C[C@H]2OC(=O)N3CCC4(CC3)OC(=O)Nc3ncc(cc34)/C=C/COCCOCCN(C)C2=O)cc2cn[nH]c12. The van der Waals surface area contributed by atoms with Crippen molar-refractivity contribution in [2.45, 2.75) is 37.9 Å². The van der Waals surface area contributed by atoms with Crippen molar-refractivity contribution >= 4 is 40.9 Å². The van der Waals surface area contributed by atoms with Crippen LogP contribution >= 0.6 is 0 Å². The van der Waals surface area contributed by atoms with Crippen LogP contribution in [0.15, 0.2) is 36.7 Å². The Balaban J connectivity index is 1.25. The summed E-state index contributed by atoms with van der Waals surface area (Å²) < 4.78 is 23.1. The Hall–Kier alpha value is -4.49. The molecule has 13 nitrogen and oxygen atoms in total. The number of anilines is 1. The van der Waals surface area contributed by atoms with Gasteiger partial charge >= 0.3 is 12.2 Å². The number of nitrogens with one attached hydrogen (secondary N) is 2. The number of H-pyrrole nitrogens is 1. The van der Waals surface area contributed by atoms with Crippen LogP contribution in [0.4, 0.5) is 15.4 Å². The second kappa shape index (κ2) is 12.6. The molecule has 1 fully saturated rings. The molecule has 0 unspecified atom stereocenters. The predicted molar refractivity (Wildman–Crippen MR) is 160 cm³/mol. The van der Waals surface area contributed by atoms with Crippen molar-refractivity contribution in [2.24, 2.45) is 0 Å². The molecule has 2 aromatic heterocycles. The summed E-state index contributed by atoms with van der Waals surface area (Å²) in [7, 11) is 1.67. The van der Waals surface area contributed by atoms with E-state index in [1.807, 2.05) is 37.3 Å². The Morgan fingerprint density at radius 3 is 2.68 bits per heavy atom. The molecule has 1 aromatic carbocycles. The normalized spacial score (nSPS) is 24.3. The van der Waals surface area contributed by atoms with E-state index in [-0.39, 0.29) is 25.4 Å². The molecule has 1 atom stereocenters. The van der Waals surface area contributed by atoms with Gasteiger partial charge in [-0.2, -0.15) is 5.10 Å². The molecule has 7 rings (SSSR count). The van der Waals surface area contributed by atoms with Crippen molar-refractivity contribution in [3.8, 4) is 0 Å². The number of amides is 3. The largest absolute Gasteiger partial charge is 0.437 e. The fraction of sp³-hybridized carbons (Fsp3) is 0.452. The summed E-state index contributed by atoms with van der Waals surface area (Å²) in [6.45, 7) is 4.27. The van der Waals surface area contributed by atoms with Gasteiger partial charge in [0.1, 0.15) is 11.4 Å². The molecule has 13 heteroatoms. The van der Waals surface area contributed by atoms with Gasteiger partial charge in [0.15, 0.2) is 6.10 Å². The van der Waals surface area contributed by atoms with Gasteiger partial charge in [-0.3, -0.25) is 15.2 Å². The Morgan fingerprint density at radius 1 is 1.02 bits per heavy atom. The number of nitrogens with zero attached hydrogens (tertiary/aromatic N) is 4. The Labute approximate surface area is 254 Å². The number of rotatable bonds is 2. The van der Waals surface area contributed by atoms with Gasteiger partial charge < -0.3 is 28.7 Å². The molecule has 4 aliphatic rings. The molecular weight excluding hydrogens is 568 g/mol. The number of carbonyl (C=O) groups is 3. The summed E-state index contributed by atoms with van der Waals surface area (Å²) in [4.78, 5) is 47.2. The van der Waals surface area contributed by atoms with Crippen LogP contribution in [0.2, 0.25) is 0 Å². The third-order valence-corrected chi connectivity index (χ3v) is 8.33. The van der Waals surface area contributed by atoms with Gasteiger partial charge in [0, 0.05) is 63.1 Å². The van der Waals surface area contributed by atoms with Crippen molar-refractivity contribution in [2.75, 3.05) is 58.4 Å². The lowest BCUT2D eigenvalue weighted by Gasteiger charge is -2.43. The van der Waals surface area contributed by atoms with E-state index in [1.54, 1.807) is 24.3 Å². The van der Waals surface area contributed by atoms with Crippen LogP contribution in [0, 0.1) is 6.92 Å². The van der Waals surface area contributed by atoms with Crippen LogP contribution in [0.5, 0.6) is 0 Å². The first-order valence-electron chi connectivity index (χ1n) is 14.8. The smallest absolute Gasteiger partial charge is 0.413 e. The Kier molecular flexibility index (Phi) is 8.49. The highest BCUT2D eigenvalue weighted by atomic mass is 16.6.